The van der Waals surface area contributed by atoms with Crippen molar-refractivity contribution in [2.75, 3.05) is 57.7 Å². The third kappa shape index (κ3) is 7.09. The van der Waals surface area contributed by atoms with E-state index < -0.39 is 52.3 Å². The number of phenols is 1. The van der Waals surface area contributed by atoms with Crippen LogP contribution in [0.15, 0.2) is 36.4 Å². The third-order valence-electron chi connectivity index (χ3n) is 9.58. The van der Waals surface area contributed by atoms with Crippen molar-refractivity contribution < 1.29 is 42.1 Å². The van der Waals surface area contributed by atoms with Gasteiger partial charge in [0, 0.05) is 83.2 Å². The van der Waals surface area contributed by atoms with E-state index in [1.165, 1.54) is 4.90 Å². The van der Waals surface area contributed by atoms with Crippen molar-refractivity contribution in [2.24, 2.45) is 0 Å². The number of amides is 3. The Morgan fingerprint density at radius 3 is 2.40 bits per heavy atom. The molecule has 3 N–H and O–H groups in total. The van der Waals surface area contributed by atoms with Crippen molar-refractivity contribution in [3.63, 3.8) is 0 Å². The molecule has 0 aliphatic carbocycles. The average molecular weight is 680 g/mol. The molecule has 2 aromatic carbocycles. The quantitative estimate of drug-likeness (QED) is 0.421. The molecule has 1 spiro atoms. The average Bonchev–Trinajstić information content (AvgIpc) is 3.06. The molecule has 0 saturated carbocycles. The molecule has 254 valence electrons. The summed E-state index contributed by atoms with van der Waals surface area (Å²) in [5.41, 5.74) is -0.854. The second-order valence-electron chi connectivity index (χ2n) is 12.4. The van der Waals surface area contributed by atoms with Crippen LogP contribution in [0, 0.1) is 0 Å². The number of nitrogens with zero attached hydrogens (tertiary/aromatic N) is 3. The number of rotatable bonds is 5. The van der Waals surface area contributed by atoms with Gasteiger partial charge in [-0.25, -0.2) is 9.59 Å². The summed E-state index contributed by atoms with van der Waals surface area (Å²) in [6.45, 7) is 4.76. The predicted molar refractivity (Wildman–Crippen MR) is 165 cm³/mol. The molecule has 4 aliphatic heterocycles. The van der Waals surface area contributed by atoms with Crippen LogP contribution in [0.25, 0.3) is 0 Å². The summed E-state index contributed by atoms with van der Waals surface area (Å²) >= 11 is 5.96. The molecule has 4 heterocycles. The number of benzene rings is 2. The number of anilines is 1. The number of para-hydroxylation sites is 1. The molecule has 3 saturated heterocycles. The van der Waals surface area contributed by atoms with Crippen LogP contribution in [0.3, 0.4) is 0 Å². The molecule has 3 amide bonds. The van der Waals surface area contributed by atoms with E-state index in [4.69, 9.17) is 21.1 Å². The van der Waals surface area contributed by atoms with Crippen molar-refractivity contribution in [3.8, 4) is 5.75 Å². The molecule has 0 aromatic heterocycles. The summed E-state index contributed by atoms with van der Waals surface area (Å²) in [5, 5.41) is 15.5. The highest BCUT2D eigenvalue weighted by molar-refractivity contribution is 6.32. The summed E-state index contributed by atoms with van der Waals surface area (Å²) in [6, 6.07) is 9.45. The van der Waals surface area contributed by atoms with Crippen LogP contribution in [0.5, 0.6) is 5.75 Å². The molecule has 1 atom stereocenters. The molecule has 4 aliphatic rings. The Morgan fingerprint density at radius 1 is 1.04 bits per heavy atom. The number of hydrogen-bond donors (Lipinski definition) is 3. The number of carbonyl (C=O) groups excluding carboxylic acids is 3. The zero-order valence-corrected chi connectivity index (χ0v) is 26.4. The van der Waals surface area contributed by atoms with Gasteiger partial charge in [0.2, 0.25) is 0 Å². The molecule has 15 heteroatoms. The summed E-state index contributed by atoms with van der Waals surface area (Å²) in [4.78, 5) is 45.1. The Hall–Kier alpha value is -3.75. The van der Waals surface area contributed by atoms with Crippen molar-refractivity contribution in [1.82, 2.24) is 20.0 Å². The van der Waals surface area contributed by atoms with Gasteiger partial charge in [0.15, 0.2) is 6.10 Å². The molecular weight excluding hydrogens is 643 g/mol. The monoisotopic (exact) mass is 679 g/mol. The van der Waals surface area contributed by atoms with Crippen molar-refractivity contribution in [3.05, 3.63) is 58.1 Å². The lowest BCUT2D eigenvalue weighted by molar-refractivity contribution is -0.142. The maximum absolute atomic E-state index is 13.9. The normalized spacial score (nSPS) is 21.1. The Morgan fingerprint density at radius 2 is 1.72 bits per heavy atom. The Bertz CT molecular complexity index is 1500. The van der Waals surface area contributed by atoms with Crippen LogP contribution in [-0.4, -0.2) is 102 Å². The summed E-state index contributed by atoms with van der Waals surface area (Å²) < 4.78 is 52.6. The minimum absolute atomic E-state index is 0.0159. The van der Waals surface area contributed by atoms with E-state index in [1.807, 2.05) is 12.1 Å². The summed E-state index contributed by atoms with van der Waals surface area (Å²) in [6.07, 6.45) is -6.09. The molecule has 2 aromatic rings. The SMILES string of the molecule is O=C1Nc2ccccc2C2(CCN(C(=O)O[C@H](Cc3cc(Cl)c(O)c(C(F)(F)F)c3)C(=O)N3CCC(N4CCNCC4)CC3)CC2)O1. The van der Waals surface area contributed by atoms with Gasteiger partial charge in [-0.1, -0.05) is 29.8 Å². The van der Waals surface area contributed by atoms with E-state index in [-0.39, 0.29) is 37.9 Å². The van der Waals surface area contributed by atoms with E-state index in [0.29, 0.717) is 24.8 Å². The maximum atomic E-state index is 13.9. The second kappa shape index (κ2) is 13.4. The second-order valence-corrected chi connectivity index (χ2v) is 12.8. The number of halogens is 4. The number of alkyl halides is 3. The van der Waals surface area contributed by atoms with Gasteiger partial charge in [0.1, 0.15) is 11.4 Å². The van der Waals surface area contributed by atoms with Gasteiger partial charge in [0.25, 0.3) is 5.91 Å². The molecule has 6 rings (SSSR count). The zero-order valence-electron chi connectivity index (χ0n) is 25.7. The summed E-state index contributed by atoms with van der Waals surface area (Å²) in [7, 11) is 0. The van der Waals surface area contributed by atoms with E-state index in [9.17, 15) is 32.7 Å². The molecule has 47 heavy (non-hydrogen) atoms. The van der Waals surface area contributed by atoms with Crippen molar-refractivity contribution in [1.29, 1.82) is 0 Å². The fourth-order valence-corrected chi connectivity index (χ4v) is 7.30. The first kappa shape index (κ1) is 33.2. The molecule has 0 radical (unpaired) electrons. The van der Waals surface area contributed by atoms with E-state index in [1.54, 1.807) is 17.0 Å². The minimum Gasteiger partial charge on any atom is -0.506 e. The van der Waals surface area contributed by atoms with Gasteiger partial charge in [-0.15, -0.1) is 0 Å². The van der Waals surface area contributed by atoms with Crippen molar-refractivity contribution in [2.45, 2.75) is 56.0 Å². The molecule has 11 nitrogen and oxygen atoms in total. The first-order valence-corrected chi connectivity index (χ1v) is 16.2. The lowest BCUT2D eigenvalue weighted by atomic mass is 9.82. The number of nitrogens with one attached hydrogen (secondary N) is 2. The Kier molecular flexibility index (Phi) is 9.45. The number of piperidine rings is 2. The lowest BCUT2D eigenvalue weighted by Gasteiger charge is -2.44. The number of piperazine rings is 1. The van der Waals surface area contributed by atoms with E-state index in [0.717, 1.165) is 56.7 Å². The highest BCUT2D eigenvalue weighted by Crippen LogP contribution is 2.44. The topological polar surface area (TPSA) is 124 Å². The van der Waals surface area contributed by atoms with Gasteiger partial charge in [-0.05, 0) is 36.6 Å². The number of likely N-dealkylation sites (tertiary alicyclic amines) is 2. The standard InChI is InChI=1S/C32H37ClF3N5O6/c33-24-18-20(17-23(27(24)42)32(34,35)36)19-26(28(43)40-11-5-21(6-12-40)39-15-9-37-10-16-39)46-30(45)41-13-7-31(8-14-41)22-3-1-2-4-25(22)38-29(44)47-31/h1-4,17-18,21,26,37,42H,5-16,19H2,(H,38,44)/t26-/m1/s1. The first-order valence-electron chi connectivity index (χ1n) is 15.8. The minimum atomic E-state index is -4.90. The predicted octanol–water partition coefficient (Wildman–Crippen LogP) is 4.56. The number of carbonyl (C=O) groups is 3. The highest BCUT2D eigenvalue weighted by atomic mass is 35.5. The smallest absolute Gasteiger partial charge is 0.420 e. The Balaban J connectivity index is 1.18. The molecule has 3 fully saturated rings. The number of fused-ring (bicyclic) bond motifs is 2. The number of ether oxygens (including phenoxy) is 2. The van der Waals surface area contributed by atoms with Crippen LogP contribution >= 0.6 is 11.6 Å². The third-order valence-corrected chi connectivity index (χ3v) is 9.87. The van der Waals surface area contributed by atoms with E-state index >= 15 is 0 Å². The van der Waals surface area contributed by atoms with Gasteiger partial charge in [0.05, 0.1) is 16.3 Å². The first-order chi connectivity index (χ1) is 22.4. The van der Waals surface area contributed by atoms with Crippen LogP contribution in [0.4, 0.5) is 28.4 Å². The van der Waals surface area contributed by atoms with Crippen LogP contribution in [0.2, 0.25) is 5.02 Å². The van der Waals surface area contributed by atoms with Crippen LogP contribution < -0.4 is 10.6 Å². The summed E-state index contributed by atoms with van der Waals surface area (Å²) in [5.74, 6) is -1.62. The van der Waals surface area contributed by atoms with Gasteiger partial charge in [-0.3, -0.25) is 15.0 Å². The maximum Gasteiger partial charge on any atom is 0.420 e. The highest BCUT2D eigenvalue weighted by Gasteiger charge is 2.46. The number of phenolic OH excluding ortho intramolecular Hbond substituents is 1. The molecule has 0 bridgehead atoms. The van der Waals surface area contributed by atoms with Crippen LogP contribution in [-0.2, 0) is 32.5 Å². The Labute approximate surface area is 274 Å². The largest absolute Gasteiger partial charge is 0.506 e. The van der Waals surface area contributed by atoms with Crippen molar-refractivity contribution >= 4 is 35.4 Å². The zero-order chi connectivity index (χ0) is 33.3. The van der Waals surface area contributed by atoms with Gasteiger partial charge < -0.3 is 29.7 Å². The van der Waals surface area contributed by atoms with Gasteiger partial charge >= 0.3 is 18.4 Å². The lowest BCUT2D eigenvalue weighted by Crippen LogP contribution is -2.54. The van der Waals surface area contributed by atoms with Gasteiger partial charge in [-0.2, -0.15) is 13.2 Å². The molecular formula is C32H37ClF3N5O6. The van der Waals surface area contributed by atoms with Crippen LogP contribution in [0.1, 0.15) is 42.4 Å². The fourth-order valence-electron chi connectivity index (χ4n) is 7.06. The fraction of sp³-hybridized carbons (Fsp3) is 0.531. The number of hydrogen-bond acceptors (Lipinski definition) is 8. The number of aromatic hydroxyl groups is 1. The molecule has 0 unspecified atom stereocenters. The van der Waals surface area contributed by atoms with E-state index in [2.05, 4.69) is 15.5 Å².